The lowest BCUT2D eigenvalue weighted by atomic mass is 9.93. The van der Waals surface area contributed by atoms with E-state index in [2.05, 4.69) is 0 Å². The molecular formula is C14H22N2O3. The molecule has 2 atom stereocenters. The highest BCUT2D eigenvalue weighted by molar-refractivity contribution is 5.49. The van der Waals surface area contributed by atoms with Crippen molar-refractivity contribution in [3.8, 4) is 5.75 Å². The van der Waals surface area contributed by atoms with E-state index in [1.165, 1.54) is 0 Å². The van der Waals surface area contributed by atoms with Gasteiger partial charge in [0.15, 0.2) is 0 Å². The van der Waals surface area contributed by atoms with Crippen LogP contribution in [0.25, 0.3) is 0 Å². The number of aromatic hydroxyl groups is 1. The molecule has 2 unspecified atom stereocenters. The first-order valence-electron chi connectivity index (χ1n) is 6.36. The molecule has 1 aromatic rings. The number of nitrogens with two attached hydrogens (primary N) is 2. The molecule has 0 saturated carbocycles. The molecular weight excluding hydrogens is 244 g/mol. The average Bonchev–Trinajstić information content (AvgIpc) is 2.40. The summed E-state index contributed by atoms with van der Waals surface area (Å²) in [5, 5.41) is 9.84. The molecule has 5 heteroatoms. The van der Waals surface area contributed by atoms with Gasteiger partial charge in [-0.2, -0.15) is 0 Å². The monoisotopic (exact) mass is 266 g/mol. The van der Waals surface area contributed by atoms with Crippen LogP contribution in [0.3, 0.4) is 0 Å². The first kappa shape index (κ1) is 15.6. The van der Waals surface area contributed by atoms with Gasteiger partial charge in [-0.05, 0) is 24.5 Å². The lowest BCUT2D eigenvalue weighted by Gasteiger charge is -2.23. The normalized spacial score (nSPS) is 14.1. The van der Waals surface area contributed by atoms with Gasteiger partial charge in [-0.25, -0.2) is 0 Å². The fourth-order valence-electron chi connectivity index (χ4n) is 2.05. The van der Waals surface area contributed by atoms with Crippen molar-refractivity contribution in [2.24, 2.45) is 11.5 Å². The summed E-state index contributed by atoms with van der Waals surface area (Å²) in [4.78, 5) is 10.3. The zero-order valence-electron chi connectivity index (χ0n) is 11.2. The van der Waals surface area contributed by atoms with E-state index in [1.54, 1.807) is 19.2 Å². The molecule has 5 N–H and O–H groups in total. The predicted molar refractivity (Wildman–Crippen MR) is 73.6 cm³/mol. The molecule has 0 spiro atoms. The summed E-state index contributed by atoms with van der Waals surface area (Å²) in [7, 11) is 1.56. The minimum atomic E-state index is -0.385. The van der Waals surface area contributed by atoms with Crippen molar-refractivity contribution < 1.29 is 14.6 Å². The number of rotatable bonds is 8. The summed E-state index contributed by atoms with van der Waals surface area (Å²) in [6, 6.07) is 4.55. The van der Waals surface area contributed by atoms with Crippen molar-refractivity contribution in [2.75, 3.05) is 7.11 Å². The number of benzene rings is 1. The number of aldehydes is 1. The molecule has 0 saturated heterocycles. The number of carbonyl (C=O) groups excluding carboxylic acids is 1. The number of carbonyl (C=O) groups is 1. The molecule has 0 aliphatic heterocycles. The average molecular weight is 266 g/mol. The third kappa shape index (κ3) is 4.31. The van der Waals surface area contributed by atoms with E-state index in [0.717, 1.165) is 18.3 Å². The predicted octanol–water partition coefficient (Wildman–Crippen LogP) is 1.23. The molecule has 0 radical (unpaired) electrons. The third-order valence-corrected chi connectivity index (χ3v) is 3.16. The van der Waals surface area contributed by atoms with Gasteiger partial charge in [0.05, 0.1) is 6.61 Å². The molecule has 0 aromatic heterocycles. The van der Waals surface area contributed by atoms with Crippen LogP contribution in [0.15, 0.2) is 18.2 Å². The maximum Gasteiger partial charge on any atom is 0.121 e. The van der Waals surface area contributed by atoms with Gasteiger partial charge in [-0.1, -0.05) is 12.1 Å². The van der Waals surface area contributed by atoms with Crippen LogP contribution >= 0.6 is 0 Å². The van der Waals surface area contributed by atoms with E-state index in [-0.39, 0.29) is 24.4 Å². The summed E-state index contributed by atoms with van der Waals surface area (Å²) in [6.45, 7) is 0.288. The topological polar surface area (TPSA) is 98.6 Å². The van der Waals surface area contributed by atoms with Crippen LogP contribution in [-0.4, -0.2) is 24.5 Å². The highest BCUT2D eigenvalue weighted by Gasteiger charge is 2.19. The lowest BCUT2D eigenvalue weighted by molar-refractivity contribution is -0.107. The molecule has 19 heavy (non-hydrogen) atoms. The number of phenolic OH excluding ortho intramolecular Hbond substituents is 1. The number of hydrogen-bond donors (Lipinski definition) is 3. The number of methoxy groups -OCH3 is 1. The summed E-state index contributed by atoms with van der Waals surface area (Å²) in [6.07, 6.45) is 2.76. The van der Waals surface area contributed by atoms with Gasteiger partial charge < -0.3 is 26.1 Å². The molecule has 106 valence electrons. The second-order valence-corrected chi connectivity index (χ2v) is 4.57. The number of ether oxygens (including phenoxy) is 1. The van der Waals surface area contributed by atoms with E-state index in [9.17, 15) is 9.90 Å². The van der Waals surface area contributed by atoms with E-state index in [0.29, 0.717) is 18.4 Å². The summed E-state index contributed by atoms with van der Waals surface area (Å²) in [5.74, 6) is 0.162. The van der Waals surface area contributed by atoms with Crippen molar-refractivity contribution in [2.45, 2.75) is 38.0 Å². The van der Waals surface area contributed by atoms with Crippen LogP contribution in [0.4, 0.5) is 0 Å². The maximum absolute atomic E-state index is 10.3. The van der Waals surface area contributed by atoms with Gasteiger partial charge in [-0.3, -0.25) is 0 Å². The van der Waals surface area contributed by atoms with Crippen LogP contribution in [0.1, 0.15) is 36.4 Å². The summed E-state index contributed by atoms with van der Waals surface area (Å²) in [5.41, 5.74) is 13.6. The van der Waals surface area contributed by atoms with Crippen LogP contribution in [0, 0.1) is 0 Å². The second-order valence-electron chi connectivity index (χ2n) is 4.57. The Morgan fingerprint density at radius 3 is 2.79 bits per heavy atom. The molecule has 0 bridgehead atoms. The van der Waals surface area contributed by atoms with Gasteiger partial charge in [0.1, 0.15) is 12.0 Å². The highest BCUT2D eigenvalue weighted by atomic mass is 16.5. The Kier molecular flexibility index (Phi) is 6.49. The Morgan fingerprint density at radius 1 is 1.42 bits per heavy atom. The number of hydrogen-bond acceptors (Lipinski definition) is 5. The first-order valence-corrected chi connectivity index (χ1v) is 6.36. The Hall–Kier alpha value is -1.43. The van der Waals surface area contributed by atoms with Gasteiger partial charge >= 0.3 is 0 Å². The molecule has 0 fully saturated rings. The number of phenols is 1. The van der Waals surface area contributed by atoms with Gasteiger partial charge in [0.2, 0.25) is 0 Å². The molecule has 0 heterocycles. The third-order valence-electron chi connectivity index (χ3n) is 3.16. The SMILES string of the molecule is COCc1c(O)cccc1C(N)C(N)CCCC=O. The standard InChI is InChI=1S/C14H22N2O3/c1-19-9-11-10(5-4-7-13(11)18)14(16)12(15)6-2-3-8-17/h4-5,7-8,12,14,18H,2-3,6,9,15-16H2,1H3. The van der Waals surface area contributed by atoms with Crippen LogP contribution in [0.5, 0.6) is 5.75 Å². The fourth-order valence-corrected chi connectivity index (χ4v) is 2.05. The fraction of sp³-hybridized carbons (Fsp3) is 0.500. The Bertz CT molecular complexity index is 410. The maximum atomic E-state index is 10.3. The molecule has 1 rings (SSSR count). The lowest BCUT2D eigenvalue weighted by Crippen LogP contribution is -2.34. The Balaban J connectivity index is 2.82. The Morgan fingerprint density at radius 2 is 2.16 bits per heavy atom. The van der Waals surface area contributed by atoms with Crippen molar-refractivity contribution in [3.05, 3.63) is 29.3 Å². The molecule has 0 aliphatic carbocycles. The van der Waals surface area contributed by atoms with Gasteiger partial charge in [0.25, 0.3) is 0 Å². The van der Waals surface area contributed by atoms with E-state index in [4.69, 9.17) is 16.2 Å². The van der Waals surface area contributed by atoms with Crippen molar-refractivity contribution in [1.82, 2.24) is 0 Å². The number of unbranched alkanes of at least 4 members (excludes halogenated alkanes) is 1. The zero-order chi connectivity index (χ0) is 14.3. The smallest absolute Gasteiger partial charge is 0.121 e. The van der Waals surface area contributed by atoms with E-state index >= 15 is 0 Å². The largest absolute Gasteiger partial charge is 0.508 e. The van der Waals surface area contributed by atoms with E-state index in [1.807, 2.05) is 6.07 Å². The molecule has 0 aliphatic rings. The minimum absolute atomic E-state index is 0.162. The van der Waals surface area contributed by atoms with Gasteiger partial charge in [0, 0.05) is 31.2 Å². The quantitative estimate of drug-likeness (QED) is 0.485. The van der Waals surface area contributed by atoms with Crippen LogP contribution in [0.2, 0.25) is 0 Å². The van der Waals surface area contributed by atoms with E-state index < -0.39 is 0 Å². The summed E-state index contributed by atoms with van der Waals surface area (Å²) >= 11 is 0. The highest BCUT2D eigenvalue weighted by Crippen LogP contribution is 2.27. The molecule has 0 amide bonds. The van der Waals surface area contributed by atoms with Crippen LogP contribution in [-0.2, 0) is 16.1 Å². The first-order chi connectivity index (χ1) is 9.11. The van der Waals surface area contributed by atoms with Crippen LogP contribution < -0.4 is 11.5 Å². The van der Waals surface area contributed by atoms with Gasteiger partial charge in [-0.15, -0.1) is 0 Å². The summed E-state index contributed by atoms with van der Waals surface area (Å²) < 4.78 is 5.08. The van der Waals surface area contributed by atoms with Crippen molar-refractivity contribution in [1.29, 1.82) is 0 Å². The second kappa shape index (κ2) is 7.89. The zero-order valence-corrected chi connectivity index (χ0v) is 11.2. The Labute approximate surface area is 113 Å². The van der Waals surface area contributed by atoms with Crippen molar-refractivity contribution >= 4 is 6.29 Å². The van der Waals surface area contributed by atoms with Crippen molar-refractivity contribution in [3.63, 3.8) is 0 Å². The minimum Gasteiger partial charge on any atom is -0.508 e. The molecule has 5 nitrogen and oxygen atoms in total. The molecule has 1 aromatic carbocycles.